The van der Waals surface area contributed by atoms with Gasteiger partial charge in [0.15, 0.2) is 0 Å². The Balaban J connectivity index is 2.19. The molecule has 94 valence electrons. The van der Waals surface area contributed by atoms with Crippen molar-refractivity contribution < 1.29 is 14.6 Å². The van der Waals surface area contributed by atoms with Crippen molar-refractivity contribution in [2.24, 2.45) is 5.92 Å². The minimum Gasteiger partial charge on any atom is -0.463 e. The van der Waals surface area contributed by atoms with E-state index in [1.54, 1.807) is 0 Å². The first-order chi connectivity index (χ1) is 7.61. The minimum absolute atomic E-state index is 0.0287. The average Bonchev–Trinajstić information content (AvgIpc) is 2.26. The number of likely N-dealkylation sites (tertiary alicyclic amines) is 1. The van der Waals surface area contributed by atoms with E-state index in [-0.39, 0.29) is 18.7 Å². The number of hydrogen-bond donors (Lipinski definition) is 1. The maximum atomic E-state index is 11.3. The molecule has 1 rings (SSSR count). The van der Waals surface area contributed by atoms with E-state index in [0.29, 0.717) is 12.3 Å². The summed E-state index contributed by atoms with van der Waals surface area (Å²) in [5.74, 6) is 0.260. The van der Waals surface area contributed by atoms with Crippen LogP contribution in [0.5, 0.6) is 0 Å². The van der Waals surface area contributed by atoms with Crippen LogP contribution in [0.3, 0.4) is 0 Å². The zero-order valence-electron chi connectivity index (χ0n) is 10.3. The normalized spacial score (nSPS) is 22.4. The maximum Gasteiger partial charge on any atom is 0.307 e. The Morgan fingerprint density at radius 3 is 2.94 bits per heavy atom. The molecule has 0 aromatic rings. The number of nitrogens with zero attached hydrogens (tertiary/aromatic N) is 1. The van der Waals surface area contributed by atoms with Gasteiger partial charge in [-0.05, 0) is 39.2 Å². The summed E-state index contributed by atoms with van der Waals surface area (Å²) in [7, 11) is 0. The Morgan fingerprint density at radius 1 is 1.56 bits per heavy atom. The molecule has 1 N–H and O–H groups in total. The molecule has 0 spiro atoms. The number of piperidine rings is 1. The molecule has 1 fully saturated rings. The third kappa shape index (κ3) is 4.94. The zero-order chi connectivity index (χ0) is 12.0. The highest BCUT2D eigenvalue weighted by Gasteiger charge is 2.19. The average molecular weight is 229 g/mol. The van der Waals surface area contributed by atoms with E-state index >= 15 is 0 Å². The third-order valence-electron chi connectivity index (χ3n) is 2.86. The largest absolute Gasteiger partial charge is 0.463 e. The topological polar surface area (TPSA) is 49.8 Å². The number of carbonyl (C=O) groups is 1. The molecule has 1 saturated heterocycles. The van der Waals surface area contributed by atoms with E-state index in [2.05, 4.69) is 4.90 Å². The lowest BCUT2D eigenvalue weighted by Crippen LogP contribution is -2.38. The fourth-order valence-electron chi connectivity index (χ4n) is 2.07. The molecule has 0 aromatic heterocycles. The van der Waals surface area contributed by atoms with Gasteiger partial charge in [0, 0.05) is 19.7 Å². The molecule has 1 aliphatic heterocycles. The third-order valence-corrected chi connectivity index (χ3v) is 2.86. The lowest BCUT2D eigenvalue weighted by molar-refractivity contribution is -0.147. The molecule has 1 unspecified atom stereocenters. The first kappa shape index (κ1) is 13.5. The van der Waals surface area contributed by atoms with Crippen LogP contribution in [0.15, 0.2) is 0 Å². The second-order valence-corrected chi connectivity index (χ2v) is 4.78. The van der Waals surface area contributed by atoms with Crippen LogP contribution < -0.4 is 0 Å². The predicted octanol–water partition coefficient (Wildman–Crippen LogP) is 1.03. The highest BCUT2D eigenvalue weighted by molar-refractivity contribution is 5.69. The maximum absolute atomic E-state index is 11.3. The van der Waals surface area contributed by atoms with Gasteiger partial charge in [0.2, 0.25) is 0 Å². The molecule has 0 bridgehead atoms. The molecule has 0 amide bonds. The second kappa shape index (κ2) is 6.86. The summed E-state index contributed by atoms with van der Waals surface area (Å²) in [5, 5.41) is 9.09. The number of rotatable bonds is 5. The molecule has 0 radical (unpaired) electrons. The van der Waals surface area contributed by atoms with Crippen LogP contribution in [0.25, 0.3) is 0 Å². The van der Waals surface area contributed by atoms with Gasteiger partial charge in [-0.25, -0.2) is 0 Å². The van der Waals surface area contributed by atoms with Gasteiger partial charge in [-0.2, -0.15) is 0 Å². The number of carbonyl (C=O) groups excluding carboxylic acids is 1. The lowest BCUT2D eigenvalue weighted by Gasteiger charge is -2.31. The second-order valence-electron chi connectivity index (χ2n) is 4.78. The van der Waals surface area contributed by atoms with Crippen LogP contribution in [-0.2, 0) is 9.53 Å². The van der Waals surface area contributed by atoms with Crippen LogP contribution >= 0.6 is 0 Å². The Hall–Kier alpha value is -0.610. The van der Waals surface area contributed by atoms with E-state index in [9.17, 15) is 4.79 Å². The Labute approximate surface area is 97.6 Å². The molecule has 4 heteroatoms. The fraction of sp³-hybridized carbons (Fsp3) is 0.917. The smallest absolute Gasteiger partial charge is 0.307 e. The summed E-state index contributed by atoms with van der Waals surface area (Å²) in [6.45, 7) is 6.67. The number of esters is 1. The van der Waals surface area contributed by atoms with Crippen molar-refractivity contribution in [3.05, 3.63) is 0 Å². The number of aliphatic hydroxyl groups excluding tert-OH is 1. The van der Waals surface area contributed by atoms with Gasteiger partial charge in [0.1, 0.15) is 0 Å². The monoisotopic (exact) mass is 229 g/mol. The molecular weight excluding hydrogens is 206 g/mol. The van der Waals surface area contributed by atoms with Gasteiger partial charge in [-0.3, -0.25) is 4.79 Å². The number of hydrogen-bond acceptors (Lipinski definition) is 4. The van der Waals surface area contributed by atoms with E-state index in [1.807, 2.05) is 13.8 Å². The summed E-state index contributed by atoms with van der Waals surface area (Å²) < 4.78 is 5.08. The summed E-state index contributed by atoms with van der Waals surface area (Å²) in [6, 6.07) is 0. The lowest BCUT2D eigenvalue weighted by atomic mass is 9.99. The summed E-state index contributed by atoms with van der Waals surface area (Å²) in [4.78, 5) is 13.6. The first-order valence-corrected chi connectivity index (χ1v) is 6.14. The van der Waals surface area contributed by atoms with Crippen LogP contribution in [0, 0.1) is 5.92 Å². The summed E-state index contributed by atoms with van der Waals surface area (Å²) in [6.07, 6.45) is 2.64. The molecule has 16 heavy (non-hydrogen) atoms. The summed E-state index contributed by atoms with van der Waals surface area (Å²) >= 11 is 0. The van der Waals surface area contributed by atoms with Crippen LogP contribution in [0.4, 0.5) is 0 Å². The molecule has 4 nitrogen and oxygen atoms in total. The van der Waals surface area contributed by atoms with Crippen molar-refractivity contribution in [1.82, 2.24) is 4.90 Å². The molecule has 0 saturated carbocycles. The SMILES string of the molecule is CC(C)OC(=O)CCN1CCCC(CO)C1. The predicted molar refractivity (Wildman–Crippen MR) is 62.1 cm³/mol. The fourth-order valence-corrected chi connectivity index (χ4v) is 2.07. The van der Waals surface area contributed by atoms with Gasteiger partial charge in [0.25, 0.3) is 0 Å². The Kier molecular flexibility index (Phi) is 5.77. The molecule has 1 heterocycles. The quantitative estimate of drug-likeness (QED) is 0.715. The van der Waals surface area contributed by atoms with Gasteiger partial charge < -0.3 is 14.7 Å². The summed E-state index contributed by atoms with van der Waals surface area (Å²) in [5.41, 5.74) is 0. The molecule has 0 aliphatic carbocycles. The van der Waals surface area contributed by atoms with Crippen molar-refractivity contribution in [2.45, 2.75) is 39.2 Å². The first-order valence-electron chi connectivity index (χ1n) is 6.14. The Bertz CT molecular complexity index is 218. The number of aliphatic hydroxyl groups is 1. The van der Waals surface area contributed by atoms with E-state index in [0.717, 1.165) is 32.5 Å². The van der Waals surface area contributed by atoms with Crippen LogP contribution in [0.2, 0.25) is 0 Å². The number of ether oxygens (including phenoxy) is 1. The highest BCUT2D eigenvalue weighted by atomic mass is 16.5. The molecular formula is C12H23NO3. The standard InChI is InChI=1S/C12H23NO3/c1-10(2)16-12(15)5-7-13-6-3-4-11(8-13)9-14/h10-11,14H,3-9H2,1-2H3. The van der Waals surface area contributed by atoms with Gasteiger partial charge in [0.05, 0.1) is 12.5 Å². The van der Waals surface area contributed by atoms with Crippen LogP contribution in [-0.4, -0.2) is 48.3 Å². The van der Waals surface area contributed by atoms with Gasteiger partial charge in [-0.15, -0.1) is 0 Å². The molecule has 1 aliphatic rings. The minimum atomic E-state index is -0.124. The van der Waals surface area contributed by atoms with Crippen molar-refractivity contribution in [2.75, 3.05) is 26.2 Å². The van der Waals surface area contributed by atoms with Crippen molar-refractivity contribution in [3.63, 3.8) is 0 Å². The zero-order valence-corrected chi connectivity index (χ0v) is 10.3. The molecule has 0 aromatic carbocycles. The molecule has 1 atom stereocenters. The van der Waals surface area contributed by atoms with Crippen molar-refractivity contribution in [1.29, 1.82) is 0 Å². The van der Waals surface area contributed by atoms with Gasteiger partial charge in [-0.1, -0.05) is 0 Å². The van der Waals surface area contributed by atoms with Crippen molar-refractivity contribution in [3.8, 4) is 0 Å². The van der Waals surface area contributed by atoms with Crippen LogP contribution in [0.1, 0.15) is 33.1 Å². The van der Waals surface area contributed by atoms with E-state index in [4.69, 9.17) is 9.84 Å². The van der Waals surface area contributed by atoms with E-state index in [1.165, 1.54) is 0 Å². The van der Waals surface area contributed by atoms with Crippen molar-refractivity contribution >= 4 is 5.97 Å². The van der Waals surface area contributed by atoms with Gasteiger partial charge >= 0.3 is 5.97 Å². The Morgan fingerprint density at radius 2 is 2.31 bits per heavy atom. The highest BCUT2D eigenvalue weighted by Crippen LogP contribution is 2.15. The van der Waals surface area contributed by atoms with E-state index < -0.39 is 0 Å².